The Hall–Kier alpha value is -3.78. The Labute approximate surface area is 206 Å². The van der Waals surface area contributed by atoms with Crippen molar-refractivity contribution in [3.05, 3.63) is 91.8 Å². The molecule has 0 spiro atoms. The molecule has 3 heterocycles. The fourth-order valence-corrected chi connectivity index (χ4v) is 5.35. The van der Waals surface area contributed by atoms with E-state index in [1.165, 1.54) is 4.90 Å². The van der Waals surface area contributed by atoms with Crippen molar-refractivity contribution in [1.82, 2.24) is 4.98 Å². The minimum atomic E-state index is -0.736. The lowest BCUT2D eigenvalue weighted by molar-refractivity contribution is 0.0531. The van der Waals surface area contributed by atoms with E-state index >= 15 is 0 Å². The van der Waals surface area contributed by atoms with Crippen molar-refractivity contribution in [2.45, 2.75) is 39.7 Å². The summed E-state index contributed by atoms with van der Waals surface area (Å²) in [6.07, 6.45) is 0. The molecular weight excluding hydrogens is 464 g/mol. The van der Waals surface area contributed by atoms with E-state index < -0.39 is 17.9 Å². The van der Waals surface area contributed by atoms with Crippen LogP contribution in [0, 0.1) is 6.92 Å². The molecule has 8 heteroatoms. The molecule has 2 aromatic carbocycles. The third-order valence-electron chi connectivity index (χ3n) is 6.15. The smallest absolute Gasteiger partial charge is 0.350 e. The van der Waals surface area contributed by atoms with Crippen molar-refractivity contribution in [1.29, 1.82) is 0 Å². The highest BCUT2D eigenvalue weighted by Gasteiger charge is 2.45. The number of aromatic nitrogens is 1. The highest BCUT2D eigenvalue weighted by molar-refractivity contribution is 7.17. The number of hydrogen-bond donors (Lipinski definition) is 0. The molecule has 0 saturated heterocycles. The number of esters is 1. The molecule has 5 rings (SSSR count). The molecular formula is C27H24N2O5S. The van der Waals surface area contributed by atoms with Gasteiger partial charge in [0.1, 0.15) is 10.5 Å². The van der Waals surface area contributed by atoms with Crippen LogP contribution in [-0.2, 0) is 4.74 Å². The maximum Gasteiger partial charge on any atom is 0.350 e. The molecule has 0 aliphatic carbocycles. The van der Waals surface area contributed by atoms with Gasteiger partial charge in [-0.25, -0.2) is 9.78 Å². The number of ether oxygens (including phenoxy) is 1. The van der Waals surface area contributed by atoms with Crippen molar-refractivity contribution in [2.75, 3.05) is 11.5 Å². The van der Waals surface area contributed by atoms with Gasteiger partial charge in [-0.2, -0.15) is 0 Å². The number of amides is 1. The van der Waals surface area contributed by atoms with Crippen LogP contribution in [0.3, 0.4) is 0 Å². The number of benzene rings is 2. The monoisotopic (exact) mass is 488 g/mol. The summed E-state index contributed by atoms with van der Waals surface area (Å²) in [6, 6.07) is 14.0. The van der Waals surface area contributed by atoms with Gasteiger partial charge in [0.25, 0.3) is 5.91 Å². The van der Waals surface area contributed by atoms with Gasteiger partial charge in [-0.15, -0.1) is 0 Å². The third-order valence-corrected chi connectivity index (χ3v) is 7.29. The highest BCUT2D eigenvalue weighted by atomic mass is 32.1. The molecule has 1 unspecified atom stereocenters. The van der Waals surface area contributed by atoms with Gasteiger partial charge in [0.2, 0.25) is 5.76 Å². The fraction of sp³-hybridized carbons (Fsp3) is 0.259. The number of nitrogens with zero attached hydrogens (tertiary/aromatic N) is 2. The summed E-state index contributed by atoms with van der Waals surface area (Å²) >= 11 is 1.07. The zero-order chi connectivity index (χ0) is 24.9. The van der Waals surface area contributed by atoms with Crippen LogP contribution in [-0.4, -0.2) is 23.5 Å². The van der Waals surface area contributed by atoms with Gasteiger partial charge in [0.05, 0.1) is 29.3 Å². The summed E-state index contributed by atoms with van der Waals surface area (Å²) in [5, 5.41) is 0.718. The minimum absolute atomic E-state index is 0.00262. The Morgan fingerprint density at radius 2 is 1.86 bits per heavy atom. The Bertz CT molecular complexity index is 1520. The molecule has 0 saturated carbocycles. The van der Waals surface area contributed by atoms with Crippen molar-refractivity contribution >= 4 is 39.3 Å². The van der Waals surface area contributed by atoms with Crippen LogP contribution >= 0.6 is 11.3 Å². The summed E-state index contributed by atoms with van der Waals surface area (Å²) in [5.74, 6) is -0.627. The van der Waals surface area contributed by atoms with Gasteiger partial charge in [-0.05, 0) is 43.0 Å². The number of fused-ring (bicyclic) bond motifs is 2. The molecule has 0 fully saturated rings. The molecule has 35 heavy (non-hydrogen) atoms. The molecule has 1 aliphatic heterocycles. The van der Waals surface area contributed by atoms with Crippen LogP contribution in [0.1, 0.15) is 75.3 Å². The van der Waals surface area contributed by atoms with Crippen molar-refractivity contribution < 1.29 is 18.7 Å². The average molecular weight is 489 g/mol. The third kappa shape index (κ3) is 3.74. The number of rotatable bonds is 5. The number of carbonyl (C=O) groups excluding carboxylic acids is 2. The predicted octanol–water partition coefficient (Wildman–Crippen LogP) is 5.61. The molecule has 1 amide bonds. The lowest BCUT2D eigenvalue weighted by atomic mass is 9.95. The highest BCUT2D eigenvalue weighted by Crippen LogP contribution is 2.43. The molecule has 178 valence electrons. The first-order valence-corrected chi connectivity index (χ1v) is 12.3. The predicted molar refractivity (Wildman–Crippen MR) is 134 cm³/mol. The van der Waals surface area contributed by atoms with Crippen LogP contribution in [0.5, 0.6) is 0 Å². The average Bonchev–Trinajstić information content (AvgIpc) is 3.37. The topological polar surface area (TPSA) is 89.7 Å². The maximum absolute atomic E-state index is 13.7. The second-order valence-corrected chi connectivity index (χ2v) is 9.68. The fourth-order valence-electron chi connectivity index (χ4n) is 4.37. The Morgan fingerprint density at radius 3 is 2.54 bits per heavy atom. The van der Waals surface area contributed by atoms with E-state index in [0.29, 0.717) is 32.6 Å². The number of carbonyl (C=O) groups is 2. The van der Waals surface area contributed by atoms with Gasteiger partial charge < -0.3 is 9.15 Å². The summed E-state index contributed by atoms with van der Waals surface area (Å²) < 4.78 is 11.1. The standard InChI is InChI=1S/C27H24N2O5S/c1-5-33-26(32)24-15(4)28-27(35-24)29-21(17-12-10-16(11-13-17)14(2)3)20-22(30)18-8-6-7-9-19(18)34-23(20)25(29)31/h6-14,21H,5H2,1-4H3. The molecule has 0 radical (unpaired) electrons. The van der Waals surface area contributed by atoms with E-state index in [0.717, 1.165) is 22.5 Å². The Balaban J connectivity index is 1.73. The van der Waals surface area contributed by atoms with Crippen LogP contribution in [0.25, 0.3) is 11.0 Å². The van der Waals surface area contributed by atoms with Crippen molar-refractivity contribution in [3.8, 4) is 0 Å². The second kappa shape index (κ2) is 8.78. The van der Waals surface area contributed by atoms with E-state index in [-0.39, 0.29) is 23.4 Å². The van der Waals surface area contributed by atoms with E-state index in [4.69, 9.17) is 9.15 Å². The molecule has 4 aromatic rings. The van der Waals surface area contributed by atoms with E-state index in [9.17, 15) is 14.4 Å². The van der Waals surface area contributed by atoms with Crippen LogP contribution < -0.4 is 10.3 Å². The lowest BCUT2D eigenvalue weighted by Crippen LogP contribution is -2.29. The zero-order valence-corrected chi connectivity index (χ0v) is 20.6. The molecule has 1 aliphatic rings. The Morgan fingerprint density at radius 1 is 1.14 bits per heavy atom. The van der Waals surface area contributed by atoms with Crippen molar-refractivity contribution in [3.63, 3.8) is 0 Å². The second-order valence-electron chi connectivity index (χ2n) is 8.70. The lowest BCUT2D eigenvalue weighted by Gasteiger charge is -2.23. The SMILES string of the molecule is CCOC(=O)c1sc(N2C(=O)c3oc4ccccc4c(=O)c3C2c2ccc(C(C)C)cc2)nc1C. The molecule has 7 nitrogen and oxygen atoms in total. The van der Waals surface area contributed by atoms with E-state index in [1.54, 1.807) is 38.1 Å². The molecule has 1 atom stereocenters. The first-order valence-electron chi connectivity index (χ1n) is 11.5. The summed E-state index contributed by atoms with van der Waals surface area (Å²) in [7, 11) is 0. The van der Waals surface area contributed by atoms with Crippen LogP contribution in [0.4, 0.5) is 5.13 Å². The number of para-hydroxylation sites is 1. The van der Waals surface area contributed by atoms with Gasteiger partial charge in [-0.1, -0.05) is 61.6 Å². The summed E-state index contributed by atoms with van der Waals surface area (Å²) in [6.45, 7) is 7.87. The van der Waals surface area contributed by atoms with Gasteiger partial charge in [0.15, 0.2) is 10.6 Å². The molecule has 0 bridgehead atoms. The van der Waals surface area contributed by atoms with Crippen molar-refractivity contribution in [2.24, 2.45) is 0 Å². The summed E-state index contributed by atoms with van der Waals surface area (Å²) in [4.78, 5) is 46.1. The summed E-state index contributed by atoms with van der Waals surface area (Å²) in [5.41, 5.74) is 2.74. The maximum atomic E-state index is 13.7. The van der Waals surface area contributed by atoms with Gasteiger partial charge in [-0.3, -0.25) is 14.5 Å². The van der Waals surface area contributed by atoms with Gasteiger partial charge >= 0.3 is 5.97 Å². The first kappa shape index (κ1) is 23.0. The zero-order valence-electron chi connectivity index (χ0n) is 19.8. The van der Waals surface area contributed by atoms with Crippen LogP contribution in [0.2, 0.25) is 0 Å². The molecule has 0 N–H and O–H groups in total. The van der Waals surface area contributed by atoms with E-state index in [2.05, 4.69) is 18.8 Å². The number of thiazole rings is 1. The Kier molecular flexibility index (Phi) is 5.76. The van der Waals surface area contributed by atoms with E-state index in [1.807, 2.05) is 24.3 Å². The minimum Gasteiger partial charge on any atom is -0.462 e. The number of hydrogen-bond acceptors (Lipinski definition) is 7. The quantitative estimate of drug-likeness (QED) is 0.339. The first-order chi connectivity index (χ1) is 16.8. The largest absolute Gasteiger partial charge is 0.462 e. The number of anilines is 1. The molecule has 2 aromatic heterocycles. The van der Waals surface area contributed by atoms with Crippen LogP contribution in [0.15, 0.2) is 57.7 Å². The normalized spacial score (nSPS) is 15.2. The van der Waals surface area contributed by atoms with Gasteiger partial charge in [0, 0.05) is 0 Å². The number of aryl methyl sites for hydroxylation is 1.